The third kappa shape index (κ3) is 5.66. The summed E-state index contributed by atoms with van der Waals surface area (Å²) in [5, 5.41) is 7.97. The van der Waals surface area contributed by atoms with E-state index in [1.165, 1.54) is 0 Å². The van der Waals surface area contributed by atoms with Crippen molar-refractivity contribution in [3.8, 4) is 5.88 Å². The Morgan fingerprint density at radius 2 is 2.00 bits per heavy atom. The molecule has 0 aliphatic carbocycles. The fourth-order valence-electron chi connectivity index (χ4n) is 4.38. The van der Waals surface area contributed by atoms with Crippen LogP contribution >= 0.6 is 0 Å². The fraction of sp³-hybridized carbons (Fsp3) is 0.519. The van der Waals surface area contributed by atoms with Gasteiger partial charge in [0.25, 0.3) is 0 Å². The van der Waals surface area contributed by atoms with Crippen LogP contribution in [0.2, 0.25) is 0 Å². The monoisotopic (exact) mass is 494 g/mol. The lowest BCUT2D eigenvalue weighted by atomic mass is 9.89. The smallest absolute Gasteiger partial charge is 0.410 e. The average molecular weight is 495 g/mol. The molecule has 1 aliphatic rings. The first kappa shape index (κ1) is 25.6. The van der Waals surface area contributed by atoms with Crippen LogP contribution in [0.4, 0.5) is 22.0 Å². The maximum absolute atomic E-state index is 13.0. The predicted octanol–water partition coefficient (Wildman–Crippen LogP) is 5.74. The molecule has 0 saturated carbocycles. The Bertz CT molecular complexity index is 1240. The van der Waals surface area contributed by atoms with Crippen molar-refractivity contribution in [3.05, 3.63) is 42.1 Å². The van der Waals surface area contributed by atoms with Gasteiger partial charge < -0.3 is 20.5 Å². The minimum atomic E-state index is -0.565. The third-order valence-electron chi connectivity index (χ3n) is 6.35. The largest absolute Gasteiger partial charge is 0.472 e. The summed E-state index contributed by atoms with van der Waals surface area (Å²) >= 11 is 0. The van der Waals surface area contributed by atoms with Crippen LogP contribution in [0.25, 0.3) is 5.65 Å². The van der Waals surface area contributed by atoms with Crippen molar-refractivity contribution in [1.29, 1.82) is 0 Å². The first-order valence-electron chi connectivity index (χ1n) is 12.5. The molecule has 0 spiro atoms. The molecule has 3 aromatic rings. The molecule has 1 saturated heterocycles. The summed E-state index contributed by atoms with van der Waals surface area (Å²) in [7, 11) is 0. The zero-order chi connectivity index (χ0) is 26.3. The molecule has 36 heavy (non-hydrogen) atoms. The number of piperidine rings is 1. The van der Waals surface area contributed by atoms with Gasteiger partial charge in [-0.05, 0) is 71.6 Å². The van der Waals surface area contributed by atoms with Crippen LogP contribution in [-0.4, -0.2) is 49.4 Å². The van der Waals surface area contributed by atoms with Gasteiger partial charge in [0.2, 0.25) is 5.88 Å². The number of nitrogen functional groups attached to an aromatic ring is 1. The molecule has 9 nitrogen and oxygen atoms in total. The minimum absolute atomic E-state index is 0.217. The average Bonchev–Trinajstić information content (AvgIpc) is 3.18. The van der Waals surface area contributed by atoms with Crippen LogP contribution < -0.4 is 15.8 Å². The second-order valence-electron chi connectivity index (χ2n) is 11.4. The highest BCUT2D eigenvalue weighted by atomic mass is 16.6. The Morgan fingerprint density at radius 3 is 2.67 bits per heavy atom. The number of nitrogens with two attached hydrogens (primary N) is 1. The topological polar surface area (TPSA) is 107 Å². The van der Waals surface area contributed by atoms with E-state index in [2.05, 4.69) is 38.1 Å². The van der Waals surface area contributed by atoms with Crippen LogP contribution in [0.3, 0.4) is 0 Å². The summed E-state index contributed by atoms with van der Waals surface area (Å²) in [5.41, 5.74) is 8.35. The number of hydrogen-bond acceptors (Lipinski definition) is 7. The lowest BCUT2D eigenvalue weighted by Gasteiger charge is -2.45. The lowest BCUT2D eigenvalue weighted by molar-refractivity contribution is -0.0295. The van der Waals surface area contributed by atoms with Gasteiger partial charge in [-0.25, -0.2) is 4.79 Å². The van der Waals surface area contributed by atoms with E-state index in [-0.39, 0.29) is 23.7 Å². The Labute approximate surface area is 213 Å². The molecule has 1 aromatic carbocycles. The number of carbonyl (C=O) groups excluding carboxylic acids is 1. The van der Waals surface area contributed by atoms with E-state index in [1.54, 1.807) is 9.42 Å². The second kappa shape index (κ2) is 9.52. The summed E-state index contributed by atoms with van der Waals surface area (Å²) in [4.78, 5) is 19.6. The number of fused-ring (bicyclic) bond motifs is 1. The zero-order valence-corrected chi connectivity index (χ0v) is 22.3. The zero-order valence-electron chi connectivity index (χ0n) is 22.3. The molecule has 1 aliphatic heterocycles. The normalized spacial score (nSPS) is 17.9. The first-order chi connectivity index (χ1) is 16.8. The molecule has 9 heteroatoms. The minimum Gasteiger partial charge on any atom is -0.472 e. The number of carbonyl (C=O) groups is 1. The van der Waals surface area contributed by atoms with Gasteiger partial charge in [0.15, 0.2) is 5.65 Å². The molecular formula is C27H38N6O3. The van der Waals surface area contributed by atoms with Crippen LogP contribution in [0.15, 0.2) is 36.5 Å². The lowest BCUT2D eigenvalue weighted by Crippen LogP contribution is -2.56. The van der Waals surface area contributed by atoms with Gasteiger partial charge >= 0.3 is 6.09 Å². The van der Waals surface area contributed by atoms with Gasteiger partial charge in [0.05, 0.1) is 12.7 Å². The van der Waals surface area contributed by atoms with E-state index in [4.69, 9.17) is 20.2 Å². The molecule has 194 valence electrons. The van der Waals surface area contributed by atoms with E-state index in [0.29, 0.717) is 23.9 Å². The van der Waals surface area contributed by atoms with Gasteiger partial charge in [-0.15, -0.1) is 0 Å². The van der Waals surface area contributed by atoms with Crippen molar-refractivity contribution in [2.75, 3.05) is 17.6 Å². The number of amides is 1. The highest BCUT2D eigenvalue weighted by Crippen LogP contribution is 2.33. The quantitative estimate of drug-likeness (QED) is 0.436. The SMILES string of the molecule is CC(C)c1cnn2c(Nc3cccc(N)c3)cc(OC3CCC(C)(C)N(C(=O)OC(C)(C)C)C3)nc12. The number of anilines is 3. The molecule has 3 heterocycles. The van der Waals surface area contributed by atoms with Gasteiger partial charge in [0, 0.05) is 28.5 Å². The van der Waals surface area contributed by atoms with Gasteiger partial charge in [-0.2, -0.15) is 14.6 Å². The molecule has 1 unspecified atom stereocenters. The summed E-state index contributed by atoms with van der Waals surface area (Å²) < 4.78 is 13.9. The van der Waals surface area contributed by atoms with Crippen molar-refractivity contribution >= 4 is 28.9 Å². The number of nitrogens with one attached hydrogen (secondary N) is 1. The number of likely N-dealkylation sites (tertiary alicyclic amines) is 1. The Kier molecular flexibility index (Phi) is 6.77. The number of hydrogen-bond donors (Lipinski definition) is 2. The molecule has 4 rings (SSSR count). The molecule has 0 radical (unpaired) electrons. The molecule has 1 fully saturated rings. The number of aromatic nitrogens is 3. The molecule has 0 bridgehead atoms. The fourth-order valence-corrected chi connectivity index (χ4v) is 4.38. The van der Waals surface area contributed by atoms with Crippen LogP contribution in [0.5, 0.6) is 5.88 Å². The van der Waals surface area contributed by atoms with E-state index >= 15 is 0 Å². The van der Waals surface area contributed by atoms with Crippen molar-refractivity contribution in [2.24, 2.45) is 0 Å². The van der Waals surface area contributed by atoms with Gasteiger partial charge in [-0.3, -0.25) is 4.90 Å². The molecule has 1 atom stereocenters. The van der Waals surface area contributed by atoms with Crippen molar-refractivity contribution in [1.82, 2.24) is 19.5 Å². The Hall–Kier alpha value is -3.49. The van der Waals surface area contributed by atoms with Gasteiger partial charge in [0.1, 0.15) is 17.5 Å². The predicted molar refractivity (Wildman–Crippen MR) is 142 cm³/mol. The Morgan fingerprint density at radius 1 is 1.25 bits per heavy atom. The van der Waals surface area contributed by atoms with E-state index in [0.717, 1.165) is 29.7 Å². The number of benzene rings is 1. The number of nitrogens with zero attached hydrogens (tertiary/aromatic N) is 4. The number of ether oxygens (including phenoxy) is 2. The maximum Gasteiger partial charge on any atom is 0.410 e. The van der Waals surface area contributed by atoms with Crippen molar-refractivity contribution in [3.63, 3.8) is 0 Å². The summed E-state index contributed by atoms with van der Waals surface area (Å²) in [5.74, 6) is 1.43. The standard InChI is InChI=1S/C27H38N6O3/c1-17(2)21-15-29-33-22(30-19-10-8-9-18(28)13-19)14-23(31-24(21)33)35-20-11-12-27(6,7)32(16-20)25(34)36-26(3,4)5/h8-10,13-15,17,20,30H,11-12,16,28H2,1-7H3. The van der Waals surface area contributed by atoms with Crippen LogP contribution in [0.1, 0.15) is 72.8 Å². The van der Waals surface area contributed by atoms with Gasteiger partial charge in [-0.1, -0.05) is 19.9 Å². The summed E-state index contributed by atoms with van der Waals surface area (Å²) in [6, 6.07) is 9.38. The van der Waals surface area contributed by atoms with Crippen LogP contribution in [0, 0.1) is 0 Å². The first-order valence-corrected chi connectivity index (χ1v) is 12.5. The summed E-state index contributed by atoms with van der Waals surface area (Å²) in [6.07, 6.45) is 2.89. The molecule has 2 aromatic heterocycles. The van der Waals surface area contributed by atoms with E-state index in [1.807, 2.05) is 57.3 Å². The maximum atomic E-state index is 13.0. The third-order valence-corrected chi connectivity index (χ3v) is 6.35. The Balaban J connectivity index is 1.64. The molecular weight excluding hydrogens is 456 g/mol. The van der Waals surface area contributed by atoms with Crippen LogP contribution in [-0.2, 0) is 4.74 Å². The highest BCUT2D eigenvalue weighted by Gasteiger charge is 2.40. The second-order valence-corrected chi connectivity index (χ2v) is 11.4. The number of rotatable bonds is 5. The molecule has 3 N–H and O–H groups in total. The highest BCUT2D eigenvalue weighted by molar-refractivity contribution is 5.69. The van der Waals surface area contributed by atoms with Crippen molar-refractivity contribution < 1.29 is 14.3 Å². The van der Waals surface area contributed by atoms with E-state index in [9.17, 15) is 4.79 Å². The molecule has 1 amide bonds. The van der Waals surface area contributed by atoms with Crippen molar-refractivity contribution in [2.45, 2.75) is 84.5 Å². The summed E-state index contributed by atoms with van der Waals surface area (Å²) in [6.45, 7) is 14.4. The van der Waals surface area contributed by atoms with E-state index < -0.39 is 5.60 Å².